The highest BCUT2D eigenvalue weighted by atomic mass is 32.1. The molecule has 1 fully saturated rings. The number of rotatable bonds is 1. The number of benzene rings is 1. The highest BCUT2D eigenvalue weighted by Gasteiger charge is 2.29. The summed E-state index contributed by atoms with van der Waals surface area (Å²) >= 11 is 1.70. The van der Waals surface area contributed by atoms with Crippen LogP contribution >= 0.6 is 11.3 Å². The van der Waals surface area contributed by atoms with Crippen LogP contribution in [0, 0.1) is 11.3 Å². The van der Waals surface area contributed by atoms with E-state index in [-0.39, 0.29) is 0 Å². The molecule has 1 saturated carbocycles. The van der Waals surface area contributed by atoms with Crippen LogP contribution in [-0.4, -0.2) is 10.3 Å². The van der Waals surface area contributed by atoms with Gasteiger partial charge >= 0.3 is 0 Å². The number of thiazole rings is 1. The zero-order valence-electron chi connectivity index (χ0n) is 13.3. The smallest absolute Gasteiger partial charge is 0.211 e. The molecule has 1 aliphatic rings. The summed E-state index contributed by atoms with van der Waals surface area (Å²) in [5, 5.41) is 9.12. The van der Waals surface area contributed by atoms with Gasteiger partial charge in [0, 0.05) is 12.8 Å². The molecular formula is C17H23N3S. The summed E-state index contributed by atoms with van der Waals surface area (Å²) in [4.78, 5) is 0.972. The van der Waals surface area contributed by atoms with E-state index >= 15 is 0 Å². The maximum Gasteiger partial charge on any atom is 0.211 e. The van der Waals surface area contributed by atoms with Crippen LogP contribution in [0.5, 0.6) is 0 Å². The van der Waals surface area contributed by atoms with E-state index in [0.717, 1.165) is 17.6 Å². The molecule has 2 aromatic rings. The summed E-state index contributed by atoms with van der Waals surface area (Å²) in [6.45, 7) is 6.98. The molecule has 1 aliphatic carbocycles. The van der Waals surface area contributed by atoms with Gasteiger partial charge in [0.05, 0.1) is 10.2 Å². The lowest BCUT2D eigenvalue weighted by Crippen LogP contribution is -2.27. The second kappa shape index (κ2) is 5.41. The average molecular weight is 301 g/mol. The van der Waals surface area contributed by atoms with Gasteiger partial charge < -0.3 is 4.57 Å². The second-order valence-electron chi connectivity index (χ2n) is 7.03. The van der Waals surface area contributed by atoms with Crippen molar-refractivity contribution in [3.05, 3.63) is 29.1 Å². The third-order valence-corrected chi connectivity index (χ3v) is 5.26. The van der Waals surface area contributed by atoms with Crippen LogP contribution in [0.4, 0.5) is 0 Å². The Hall–Kier alpha value is -1.42. The van der Waals surface area contributed by atoms with Crippen LogP contribution in [0.1, 0.15) is 40.0 Å². The molecule has 0 saturated heterocycles. The first-order chi connectivity index (χ1) is 9.94. The summed E-state index contributed by atoms with van der Waals surface area (Å²) < 4.78 is 3.39. The number of hydrogen-bond donors (Lipinski definition) is 0. The Bertz CT molecular complexity index is 749. The van der Waals surface area contributed by atoms with Crippen molar-refractivity contribution in [3.8, 4) is 0 Å². The Morgan fingerprint density at radius 1 is 1.24 bits per heavy atom. The molecule has 1 unspecified atom stereocenters. The number of para-hydroxylation sites is 1. The first kappa shape index (κ1) is 14.5. The van der Waals surface area contributed by atoms with Crippen LogP contribution in [0.2, 0.25) is 0 Å². The first-order valence-electron chi connectivity index (χ1n) is 7.59. The van der Waals surface area contributed by atoms with Crippen LogP contribution in [0.15, 0.2) is 34.5 Å². The third kappa shape index (κ3) is 3.10. The predicted octanol–water partition coefficient (Wildman–Crippen LogP) is 4.34. The topological polar surface area (TPSA) is 29.6 Å². The Balaban J connectivity index is 1.97. The first-order valence-corrected chi connectivity index (χ1v) is 8.40. The molecule has 4 heteroatoms. The Morgan fingerprint density at radius 2 is 2.00 bits per heavy atom. The molecule has 1 heterocycles. The van der Waals surface area contributed by atoms with Crippen molar-refractivity contribution in [3.63, 3.8) is 0 Å². The molecule has 3 rings (SSSR count). The summed E-state index contributed by atoms with van der Waals surface area (Å²) in [6, 6.07) is 8.40. The average Bonchev–Trinajstić information content (AvgIpc) is 2.72. The van der Waals surface area contributed by atoms with Gasteiger partial charge in [0.1, 0.15) is 0 Å². The third-order valence-electron chi connectivity index (χ3n) is 4.16. The molecule has 112 valence electrons. The van der Waals surface area contributed by atoms with Crippen molar-refractivity contribution in [2.24, 2.45) is 28.6 Å². The van der Waals surface area contributed by atoms with Crippen LogP contribution in [0.25, 0.3) is 10.2 Å². The monoisotopic (exact) mass is 301 g/mol. The minimum atomic E-state index is 0.356. The summed E-state index contributed by atoms with van der Waals surface area (Å²) in [5.74, 6) is 0.707. The zero-order valence-corrected chi connectivity index (χ0v) is 14.1. The minimum absolute atomic E-state index is 0.356. The van der Waals surface area contributed by atoms with Crippen LogP contribution in [0.3, 0.4) is 0 Å². The van der Waals surface area contributed by atoms with E-state index in [1.54, 1.807) is 11.3 Å². The molecule has 1 atom stereocenters. The molecule has 0 bridgehead atoms. The summed E-state index contributed by atoms with van der Waals surface area (Å²) in [7, 11) is 2.06. The Labute approximate surface area is 130 Å². The van der Waals surface area contributed by atoms with Gasteiger partial charge in [-0.05, 0) is 42.7 Å². The van der Waals surface area contributed by atoms with Gasteiger partial charge in [0.15, 0.2) is 0 Å². The molecule has 3 nitrogen and oxygen atoms in total. The van der Waals surface area contributed by atoms with Crippen molar-refractivity contribution >= 4 is 27.3 Å². The molecule has 0 spiro atoms. The number of aryl methyl sites for hydroxylation is 1. The number of nitrogens with zero attached hydrogens (tertiary/aromatic N) is 3. The lowest BCUT2D eigenvalue weighted by molar-refractivity contribution is 0.265. The number of hydrogen-bond acceptors (Lipinski definition) is 3. The normalized spacial score (nSPS) is 24.9. The fourth-order valence-electron chi connectivity index (χ4n) is 3.48. The molecule has 1 aromatic carbocycles. The molecule has 0 aliphatic heterocycles. The Kier molecular flexibility index (Phi) is 3.74. The highest BCUT2D eigenvalue weighted by Crippen LogP contribution is 2.37. The lowest BCUT2D eigenvalue weighted by atomic mass is 9.72. The zero-order chi connectivity index (χ0) is 15.0. The van der Waals surface area contributed by atoms with Gasteiger partial charge in [-0.1, -0.05) is 44.2 Å². The Morgan fingerprint density at radius 3 is 2.71 bits per heavy atom. The number of aromatic nitrogens is 1. The quantitative estimate of drug-likeness (QED) is 0.701. The van der Waals surface area contributed by atoms with Gasteiger partial charge in [-0.2, -0.15) is 5.10 Å². The molecule has 0 amide bonds. The summed E-state index contributed by atoms with van der Waals surface area (Å²) in [6.07, 6.45) is 3.43. The lowest BCUT2D eigenvalue weighted by Gasteiger charge is -2.33. The molecule has 0 N–H and O–H groups in total. The van der Waals surface area contributed by atoms with Crippen LogP contribution < -0.4 is 4.80 Å². The van der Waals surface area contributed by atoms with E-state index in [2.05, 4.69) is 66.9 Å². The van der Waals surface area contributed by atoms with Crippen molar-refractivity contribution in [2.45, 2.75) is 40.0 Å². The van der Waals surface area contributed by atoms with E-state index in [0.29, 0.717) is 11.3 Å². The van der Waals surface area contributed by atoms with Crippen molar-refractivity contribution in [1.82, 2.24) is 4.57 Å². The van der Waals surface area contributed by atoms with Gasteiger partial charge in [0.2, 0.25) is 4.80 Å². The fraction of sp³-hybridized carbons (Fsp3) is 0.529. The fourth-order valence-corrected chi connectivity index (χ4v) is 4.45. The van der Waals surface area contributed by atoms with E-state index < -0.39 is 0 Å². The standard InChI is InChI=1S/C17H23N3S/c1-12-9-13(11-17(2,3)10-12)18-19-16-20(4)14-7-5-6-8-15(14)21-16/h5-8,12H,9-11H2,1-4H3/b18-13-,19-16-. The van der Waals surface area contributed by atoms with Crippen molar-refractivity contribution in [1.29, 1.82) is 0 Å². The maximum atomic E-state index is 4.59. The number of fused-ring (bicyclic) bond motifs is 1. The van der Waals surface area contributed by atoms with E-state index in [9.17, 15) is 0 Å². The predicted molar refractivity (Wildman–Crippen MR) is 90.6 cm³/mol. The van der Waals surface area contributed by atoms with Crippen molar-refractivity contribution in [2.75, 3.05) is 0 Å². The van der Waals surface area contributed by atoms with Gasteiger partial charge in [-0.3, -0.25) is 0 Å². The van der Waals surface area contributed by atoms with Crippen LogP contribution in [-0.2, 0) is 7.05 Å². The highest BCUT2D eigenvalue weighted by molar-refractivity contribution is 7.16. The SMILES string of the molecule is CC1C/C(=N/N=c2\sc3ccccc3n2C)CC(C)(C)C1. The minimum Gasteiger partial charge on any atom is -0.318 e. The van der Waals surface area contributed by atoms with Gasteiger partial charge in [-0.25, -0.2) is 0 Å². The van der Waals surface area contributed by atoms with Gasteiger partial charge in [0.25, 0.3) is 0 Å². The second-order valence-corrected chi connectivity index (χ2v) is 8.04. The van der Waals surface area contributed by atoms with E-state index in [4.69, 9.17) is 0 Å². The molecule has 21 heavy (non-hydrogen) atoms. The molecule has 1 aromatic heterocycles. The molecule has 0 radical (unpaired) electrons. The molecular weight excluding hydrogens is 278 g/mol. The van der Waals surface area contributed by atoms with Gasteiger partial charge in [-0.15, -0.1) is 5.10 Å². The van der Waals surface area contributed by atoms with E-state index in [1.807, 2.05) is 0 Å². The summed E-state index contributed by atoms with van der Waals surface area (Å²) in [5.41, 5.74) is 2.82. The maximum absolute atomic E-state index is 4.59. The largest absolute Gasteiger partial charge is 0.318 e. The van der Waals surface area contributed by atoms with Crippen molar-refractivity contribution < 1.29 is 0 Å². The van der Waals surface area contributed by atoms with E-state index in [1.165, 1.54) is 22.3 Å².